The summed E-state index contributed by atoms with van der Waals surface area (Å²) in [6, 6.07) is 9.86. The smallest absolute Gasteiger partial charge is 0.239 e. The van der Waals surface area contributed by atoms with Crippen LogP contribution in [-0.4, -0.2) is 36.7 Å². The molecule has 7 nitrogen and oxygen atoms in total. The summed E-state index contributed by atoms with van der Waals surface area (Å²) < 4.78 is 18.2. The molecule has 1 saturated heterocycles. The maximum atomic E-state index is 12.7. The number of amides is 2. The van der Waals surface area contributed by atoms with Crippen molar-refractivity contribution < 1.29 is 23.2 Å². The molecule has 0 spiro atoms. The third-order valence-electron chi connectivity index (χ3n) is 5.28. The highest BCUT2D eigenvalue weighted by atomic mass is 19.1. The molecule has 2 aliphatic rings. The molecule has 1 unspecified atom stereocenters. The fourth-order valence-electron chi connectivity index (χ4n) is 3.62. The predicted octanol–water partition coefficient (Wildman–Crippen LogP) is 2.98. The highest BCUT2D eigenvalue weighted by Crippen LogP contribution is 2.28. The molecule has 1 aromatic heterocycles. The zero-order valence-electron chi connectivity index (χ0n) is 16.4. The van der Waals surface area contributed by atoms with E-state index in [9.17, 15) is 18.8 Å². The van der Waals surface area contributed by atoms with E-state index in [1.165, 1.54) is 11.6 Å². The number of nitrogens with one attached hydrogen (secondary N) is 1. The number of imide groups is 1. The largest absolute Gasteiger partial charge is 0.440 e. The maximum absolute atomic E-state index is 12.7. The molecule has 5 rings (SSSR count). The number of piperidine rings is 1. The van der Waals surface area contributed by atoms with Crippen LogP contribution in [0.4, 0.5) is 10.1 Å². The van der Waals surface area contributed by atoms with E-state index in [0.717, 1.165) is 18.7 Å². The number of oxazole rings is 1. The summed E-state index contributed by atoms with van der Waals surface area (Å²) in [5, 5.41) is 2.26. The van der Waals surface area contributed by atoms with Gasteiger partial charge in [0, 0.05) is 31.3 Å². The number of benzene rings is 2. The Hall–Kier alpha value is -3.55. The predicted molar refractivity (Wildman–Crippen MR) is 108 cm³/mol. The van der Waals surface area contributed by atoms with Crippen LogP contribution in [0.2, 0.25) is 0 Å². The number of halogens is 1. The molecule has 1 N–H and O–H groups in total. The minimum absolute atomic E-state index is 0.141. The Labute approximate surface area is 171 Å². The number of likely N-dealkylation sites (N-methyl/N-ethyl adjacent to an activating group) is 1. The van der Waals surface area contributed by atoms with Crippen LogP contribution in [0, 0.1) is 5.82 Å². The molecule has 0 aliphatic carbocycles. The monoisotopic (exact) mass is 409 g/mol. The van der Waals surface area contributed by atoms with Crippen molar-refractivity contribution in [2.24, 2.45) is 0 Å². The van der Waals surface area contributed by atoms with E-state index in [-0.39, 0.29) is 24.0 Å². The highest BCUT2D eigenvalue weighted by molar-refractivity contribution is 6.00. The number of fused-ring (bicyclic) bond motifs is 2. The molecule has 3 aromatic rings. The lowest BCUT2D eigenvalue weighted by atomic mass is 9.98. The van der Waals surface area contributed by atoms with Crippen LogP contribution in [0.1, 0.15) is 40.6 Å². The van der Waals surface area contributed by atoms with Crippen molar-refractivity contribution in [2.45, 2.75) is 25.2 Å². The number of hydrogen-bond donors (Lipinski definition) is 1. The third-order valence-corrected chi connectivity index (χ3v) is 5.28. The summed E-state index contributed by atoms with van der Waals surface area (Å²) in [6.07, 6.45) is 2.42. The number of hydrogen-bond acceptors (Lipinski definition) is 6. The van der Waals surface area contributed by atoms with Gasteiger partial charge in [0.15, 0.2) is 5.58 Å². The van der Waals surface area contributed by atoms with E-state index in [1.54, 1.807) is 24.3 Å². The van der Waals surface area contributed by atoms with E-state index < -0.39 is 11.8 Å². The fraction of sp³-hybridized carbons (Fsp3) is 0.273. The summed E-state index contributed by atoms with van der Waals surface area (Å²) in [4.78, 5) is 39.8. The molecule has 3 heterocycles. The zero-order valence-corrected chi connectivity index (χ0v) is 16.4. The average molecular weight is 409 g/mol. The van der Waals surface area contributed by atoms with Gasteiger partial charge in [0.25, 0.3) is 0 Å². The summed E-state index contributed by atoms with van der Waals surface area (Å²) in [7, 11) is 1.99. The van der Waals surface area contributed by atoms with E-state index in [4.69, 9.17) is 4.42 Å². The standard InChI is InChI=1S/C13H10N2O4.C9H10FN/c16-6-7-1-3-9-10(5-7)19-13(14-9)8-2-4-11(17)15-12(8)18;1-11-5-4-7-2-3-8(10)6-9(7)11/h1,3,5-6,8H,2,4H2,(H,15,17,18);2-3,6H,4-5H2,1H3. The van der Waals surface area contributed by atoms with Gasteiger partial charge in [0.1, 0.15) is 23.5 Å². The van der Waals surface area contributed by atoms with Gasteiger partial charge in [-0.1, -0.05) is 6.07 Å². The second-order valence-corrected chi connectivity index (χ2v) is 7.35. The van der Waals surface area contributed by atoms with Crippen molar-refractivity contribution in [1.29, 1.82) is 0 Å². The molecule has 1 atom stereocenters. The van der Waals surface area contributed by atoms with E-state index in [2.05, 4.69) is 15.2 Å². The number of aromatic nitrogens is 1. The Morgan fingerprint density at radius 2 is 2.03 bits per heavy atom. The second kappa shape index (κ2) is 8.06. The van der Waals surface area contributed by atoms with Gasteiger partial charge in [0.05, 0.1) is 0 Å². The van der Waals surface area contributed by atoms with Gasteiger partial charge in [-0.25, -0.2) is 9.37 Å². The molecule has 2 aromatic carbocycles. The van der Waals surface area contributed by atoms with Crippen LogP contribution in [0.3, 0.4) is 0 Å². The van der Waals surface area contributed by atoms with E-state index in [1.807, 2.05) is 13.1 Å². The minimum atomic E-state index is -0.551. The quantitative estimate of drug-likeness (QED) is 0.517. The molecule has 154 valence electrons. The maximum Gasteiger partial charge on any atom is 0.239 e. The number of carbonyl (C=O) groups excluding carboxylic acids is 3. The van der Waals surface area contributed by atoms with Crippen LogP contribution < -0.4 is 10.2 Å². The molecular weight excluding hydrogens is 389 g/mol. The minimum Gasteiger partial charge on any atom is -0.440 e. The van der Waals surface area contributed by atoms with Crippen molar-refractivity contribution in [3.8, 4) is 0 Å². The van der Waals surface area contributed by atoms with Crippen molar-refractivity contribution >= 4 is 34.9 Å². The molecule has 0 radical (unpaired) electrons. The highest BCUT2D eigenvalue weighted by Gasteiger charge is 2.31. The fourth-order valence-corrected chi connectivity index (χ4v) is 3.62. The lowest BCUT2D eigenvalue weighted by molar-refractivity contribution is -0.134. The third kappa shape index (κ3) is 3.94. The Bertz CT molecular complexity index is 1140. The van der Waals surface area contributed by atoms with Crippen LogP contribution in [0.5, 0.6) is 0 Å². The molecular formula is C22H20FN3O4. The van der Waals surface area contributed by atoms with Crippen molar-refractivity contribution in [3.63, 3.8) is 0 Å². The normalized spacial score (nSPS) is 17.9. The van der Waals surface area contributed by atoms with E-state index in [0.29, 0.717) is 29.4 Å². The van der Waals surface area contributed by atoms with Crippen LogP contribution in [0.15, 0.2) is 40.8 Å². The first-order valence-corrected chi connectivity index (χ1v) is 9.63. The van der Waals surface area contributed by atoms with Crippen molar-refractivity contribution in [2.75, 3.05) is 18.5 Å². The van der Waals surface area contributed by atoms with E-state index >= 15 is 0 Å². The SMILES string of the molecule is CN1CCc2ccc(F)cc21.O=Cc1ccc2nc(C3CCC(=O)NC3=O)oc2c1. The Morgan fingerprint density at radius 3 is 2.80 bits per heavy atom. The van der Waals surface area contributed by atoms with Crippen LogP contribution >= 0.6 is 0 Å². The number of anilines is 1. The summed E-state index contributed by atoms with van der Waals surface area (Å²) in [6.45, 7) is 1.01. The Balaban J connectivity index is 0.000000168. The zero-order chi connectivity index (χ0) is 21.3. The number of rotatable bonds is 2. The van der Waals surface area contributed by atoms with Crippen LogP contribution in [-0.2, 0) is 16.0 Å². The molecule has 8 heteroatoms. The van der Waals surface area contributed by atoms with Gasteiger partial charge < -0.3 is 9.32 Å². The molecule has 30 heavy (non-hydrogen) atoms. The lowest BCUT2D eigenvalue weighted by Crippen LogP contribution is -2.39. The average Bonchev–Trinajstić information content (AvgIpc) is 3.31. The summed E-state index contributed by atoms with van der Waals surface area (Å²) in [5.74, 6) is -1.08. The van der Waals surface area contributed by atoms with Crippen LogP contribution in [0.25, 0.3) is 11.1 Å². The second-order valence-electron chi connectivity index (χ2n) is 7.35. The number of aldehydes is 1. The van der Waals surface area contributed by atoms with Crippen molar-refractivity contribution in [1.82, 2.24) is 10.3 Å². The molecule has 0 saturated carbocycles. The van der Waals surface area contributed by atoms with Gasteiger partial charge in [-0.2, -0.15) is 0 Å². The van der Waals surface area contributed by atoms with Gasteiger partial charge in [0.2, 0.25) is 17.7 Å². The molecule has 1 fully saturated rings. The number of nitrogens with zero attached hydrogens (tertiary/aromatic N) is 2. The Kier molecular flexibility index (Phi) is 5.31. The van der Waals surface area contributed by atoms with Gasteiger partial charge in [-0.3, -0.25) is 19.7 Å². The molecule has 2 aliphatic heterocycles. The summed E-state index contributed by atoms with van der Waals surface area (Å²) >= 11 is 0. The van der Waals surface area contributed by atoms with Crippen molar-refractivity contribution in [3.05, 3.63) is 59.2 Å². The first kappa shape index (κ1) is 19.8. The lowest BCUT2D eigenvalue weighted by Gasteiger charge is -2.17. The van der Waals surface area contributed by atoms with Gasteiger partial charge in [-0.05, 0) is 48.7 Å². The molecule has 0 bridgehead atoms. The van der Waals surface area contributed by atoms with Gasteiger partial charge >= 0.3 is 0 Å². The Morgan fingerprint density at radius 1 is 1.20 bits per heavy atom. The first-order valence-electron chi connectivity index (χ1n) is 9.63. The first-order chi connectivity index (χ1) is 14.4. The summed E-state index contributed by atoms with van der Waals surface area (Å²) in [5.41, 5.74) is 3.84. The van der Waals surface area contributed by atoms with Gasteiger partial charge in [-0.15, -0.1) is 0 Å². The number of carbonyl (C=O) groups is 3. The topological polar surface area (TPSA) is 92.5 Å². The molecule has 2 amide bonds.